The summed E-state index contributed by atoms with van der Waals surface area (Å²) in [6.07, 6.45) is 5.77. The van der Waals surface area contributed by atoms with Crippen LogP contribution < -0.4 is 5.32 Å². The summed E-state index contributed by atoms with van der Waals surface area (Å²) in [5.41, 5.74) is 0. The molecule has 0 spiro atoms. The molecule has 1 fully saturated rings. The van der Waals surface area contributed by atoms with Crippen molar-refractivity contribution in [1.29, 1.82) is 0 Å². The van der Waals surface area contributed by atoms with Gasteiger partial charge in [-0.25, -0.2) is 12.7 Å². The van der Waals surface area contributed by atoms with Gasteiger partial charge in [0.05, 0.1) is 6.26 Å². The van der Waals surface area contributed by atoms with Gasteiger partial charge in [-0.1, -0.05) is 20.8 Å². The first-order valence-corrected chi connectivity index (χ1v) is 9.38. The van der Waals surface area contributed by atoms with Gasteiger partial charge in [0.2, 0.25) is 10.0 Å². The second-order valence-electron chi connectivity index (χ2n) is 6.11. The van der Waals surface area contributed by atoms with Crippen LogP contribution in [0.5, 0.6) is 0 Å². The summed E-state index contributed by atoms with van der Waals surface area (Å²) >= 11 is 0. The average molecular weight is 290 g/mol. The fraction of sp³-hybridized carbons (Fsp3) is 1.00. The number of sulfonamides is 1. The van der Waals surface area contributed by atoms with Crippen LogP contribution in [0.3, 0.4) is 0 Å². The van der Waals surface area contributed by atoms with E-state index in [1.807, 2.05) is 0 Å². The molecule has 2 unspecified atom stereocenters. The summed E-state index contributed by atoms with van der Waals surface area (Å²) in [7, 11) is -3.01. The Morgan fingerprint density at radius 2 is 2.05 bits per heavy atom. The third-order valence-corrected chi connectivity index (χ3v) is 5.38. The maximum Gasteiger partial charge on any atom is 0.211 e. The number of piperidine rings is 1. The lowest BCUT2D eigenvalue weighted by molar-refractivity contribution is 0.239. The number of hydrogen-bond donors (Lipinski definition) is 1. The van der Waals surface area contributed by atoms with Gasteiger partial charge in [0.15, 0.2) is 0 Å². The van der Waals surface area contributed by atoms with Crippen LogP contribution in [0.25, 0.3) is 0 Å². The molecule has 0 aliphatic carbocycles. The molecule has 4 nitrogen and oxygen atoms in total. The van der Waals surface area contributed by atoms with E-state index in [0.29, 0.717) is 24.4 Å². The van der Waals surface area contributed by atoms with Crippen molar-refractivity contribution in [3.05, 3.63) is 0 Å². The van der Waals surface area contributed by atoms with Gasteiger partial charge in [-0.2, -0.15) is 0 Å². The lowest BCUT2D eigenvalue weighted by Gasteiger charge is -2.32. The Morgan fingerprint density at radius 1 is 1.37 bits per heavy atom. The highest BCUT2D eigenvalue weighted by atomic mass is 32.2. The fourth-order valence-electron chi connectivity index (χ4n) is 2.91. The molecule has 0 saturated carbocycles. The molecule has 1 aliphatic rings. The molecule has 1 heterocycles. The maximum absolute atomic E-state index is 11.6. The third-order valence-electron chi connectivity index (χ3n) is 4.11. The molecule has 1 saturated heterocycles. The molecule has 0 radical (unpaired) electrons. The molecule has 5 heteroatoms. The van der Waals surface area contributed by atoms with Crippen molar-refractivity contribution in [3.8, 4) is 0 Å². The van der Waals surface area contributed by atoms with Gasteiger partial charge in [-0.15, -0.1) is 0 Å². The zero-order valence-corrected chi connectivity index (χ0v) is 13.7. The lowest BCUT2D eigenvalue weighted by atomic mass is 9.90. The quantitative estimate of drug-likeness (QED) is 0.781. The summed E-state index contributed by atoms with van der Waals surface area (Å²) in [4.78, 5) is 0. The van der Waals surface area contributed by atoms with Crippen LogP contribution in [0, 0.1) is 11.8 Å². The van der Waals surface area contributed by atoms with E-state index in [1.165, 1.54) is 12.7 Å². The van der Waals surface area contributed by atoms with Crippen molar-refractivity contribution in [2.75, 3.05) is 25.9 Å². The Bertz CT molecular complexity index is 354. The van der Waals surface area contributed by atoms with Crippen LogP contribution in [0.15, 0.2) is 0 Å². The van der Waals surface area contributed by atoms with Gasteiger partial charge in [0.1, 0.15) is 0 Å². The van der Waals surface area contributed by atoms with E-state index < -0.39 is 10.0 Å². The highest BCUT2D eigenvalue weighted by Gasteiger charge is 2.26. The van der Waals surface area contributed by atoms with Crippen molar-refractivity contribution in [3.63, 3.8) is 0 Å². The van der Waals surface area contributed by atoms with Crippen LogP contribution in [0.1, 0.15) is 46.5 Å². The first-order valence-electron chi connectivity index (χ1n) is 7.53. The molecular weight excluding hydrogens is 260 g/mol. The molecule has 114 valence electrons. The van der Waals surface area contributed by atoms with E-state index in [2.05, 4.69) is 26.1 Å². The number of rotatable bonds is 7. The highest BCUT2D eigenvalue weighted by Crippen LogP contribution is 2.24. The van der Waals surface area contributed by atoms with Gasteiger partial charge in [-0.05, 0) is 44.1 Å². The maximum atomic E-state index is 11.6. The van der Waals surface area contributed by atoms with Crippen LogP contribution in [0.4, 0.5) is 0 Å². The second-order valence-corrected chi connectivity index (χ2v) is 8.10. The monoisotopic (exact) mass is 290 g/mol. The standard InChI is InChI=1S/C14H30N2O2S/c1-5-15-14(12(2)3)9-8-13-7-6-10-16(11-13)19(4,17)18/h12-15H,5-11H2,1-4H3. The van der Waals surface area contributed by atoms with Crippen LogP contribution in [-0.2, 0) is 10.0 Å². The molecule has 1 rings (SSSR count). The largest absolute Gasteiger partial charge is 0.314 e. The van der Waals surface area contributed by atoms with E-state index in [1.54, 1.807) is 4.31 Å². The van der Waals surface area contributed by atoms with Crippen molar-refractivity contribution < 1.29 is 8.42 Å². The summed E-state index contributed by atoms with van der Waals surface area (Å²) < 4.78 is 24.8. The molecule has 2 atom stereocenters. The summed E-state index contributed by atoms with van der Waals surface area (Å²) in [6.45, 7) is 9.06. The van der Waals surface area contributed by atoms with E-state index in [-0.39, 0.29) is 0 Å². The predicted octanol–water partition coefficient (Wildman–Crippen LogP) is 2.07. The normalized spacial score (nSPS) is 23.7. The Morgan fingerprint density at radius 3 is 2.58 bits per heavy atom. The van der Waals surface area contributed by atoms with Gasteiger partial charge >= 0.3 is 0 Å². The van der Waals surface area contributed by atoms with Gasteiger partial charge < -0.3 is 5.32 Å². The minimum absolute atomic E-state index is 0.531. The predicted molar refractivity (Wildman–Crippen MR) is 80.7 cm³/mol. The summed E-state index contributed by atoms with van der Waals surface area (Å²) in [5, 5.41) is 3.53. The molecule has 0 bridgehead atoms. The molecule has 0 amide bonds. The van der Waals surface area contributed by atoms with Crippen molar-refractivity contribution in [1.82, 2.24) is 9.62 Å². The Labute approximate surface area is 119 Å². The lowest BCUT2D eigenvalue weighted by Crippen LogP contribution is -2.40. The van der Waals surface area contributed by atoms with E-state index in [4.69, 9.17) is 0 Å². The van der Waals surface area contributed by atoms with E-state index in [0.717, 1.165) is 32.4 Å². The Hall–Kier alpha value is -0.130. The summed E-state index contributed by atoms with van der Waals surface area (Å²) in [5.74, 6) is 1.16. The van der Waals surface area contributed by atoms with Crippen molar-refractivity contribution in [2.24, 2.45) is 11.8 Å². The fourth-order valence-corrected chi connectivity index (χ4v) is 3.85. The minimum atomic E-state index is -3.01. The van der Waals surface area contributed by atoms with Crippen LogP contribution >= 0.6 is 0 Å². The number of nitrogens with zero attached hydrogens (tertiary/aromatic N) is 1. The molecule has 19 heavy (non-hydrogen) atoms. The molecule has 0 aromatic carbocycles. The van der Waals surface area contributed by atoms with Crippen LogP contribution in [0.2, 0.25) is 0 Å². The summed E-state index contributed by atoms with van der Waals surface area (Å²) in [6, 6.07) is 0.554. The van der Waals surface area contributed by atoms with Crippen LogP contribution in [-0.4, -0.2) is 44.7 Å². The molecule has 1 aliphatic heterocycles. The van der Waals surface area contributed by atoms with Crippen molar-refractivity contribution in [2.45, 2.75) is 52.5 Å². The smallest absolute Gasteiger partial charge is 0.211 e. The number of nitrogens with one attached hydrogen (secondary N) is 1. The van der Waals surface area contributed by atoms with E-state index in [9.17, 15) is 8.42 Å². The van der Waals surface area contributed by atoms with Gasteiger partial charge in [-0.3, -0.25) is 0 Å². The molecule has 1 N–H and O–H groups in total. The zero-order chi connectivity index (χ0) is 14.5. The first kappa shape index (κ1) is 16.9. The van der Waals surface area contributed by atoms with Gasteiger partial charge in [0.25, 0.3) is 0 Å². The number of hydrogen-bond acceptors (Lipinski definition) is 3. The zero-order valence-electron chi connectivity index (χ0n) is 12.9. The molecule has 0 aromatic heterocycles. The minimum Gasteiger partial charge on any atom is -0.314 e. The average Bonchev–Trinajstić information content (AvgIpc) is 2.33. The molecule has 0 aromatic rings. The van der Waals surface area contributed by atoms with Gasteiger partial charge in [0, 0.05) is 19.1 Å². The second kappa shape index (κ2) is 7.60. The SMILES string of the molecule is CCNC(CCC1CCCN(S(C)(=O)=O)C1)C(C)C. The van der Waals surface area contributed by atoms with E-state index >= 15 is 0 Å². The molecular formula is C14H30N2O2S. The third kappa shape index (κ3) is 5.79. The highest BCUT2D eigenvalue weighted by molar-refractivity contribution is 7.88. The first-order chi connectivity index (χ1) is 8.84. The topological polar surface area (TPSA) is 49.4 Å². The Kier molecular flexibility index (Phi) is 6.77. The van der Waals surface area contributed by atoms with Crippen molar-refractivity contribution >= 4 is 10.0 Å². The Balaban J connectivity index is 2.44.